The summed E-state index contributed by atoms with van der Waals surface area (Å²) in [5.41, 5.74) is 0. The van der Waals surface area contributed by atoms with Gasteiger partial charge in [0.15, 0.2) is 0 Å². The van der Waals surface area contributed by atoms with E-state index >= 15 is 0 Å². The van der Waals surface area contributed by atoms with E-state index in [0.29, 0.717) is 11.4 Å². The highest BCUT2D eigenvalue weighted by molar-refractivity contribution is 6.30. The fraction of sp³-hybridized carbons (Fsp3) is 0.462. The first-order chi connectivity index (χ1) is 7.74. The van der Waals surface area contributed by atoms with Gasteiger partial charge in [0.05, 0.1) is 6.61 Å². The highest BCUT2D eigenvalue weighted by Crippen LogP contribution is 2.31. The van der Waals surface area contributed by atoms with Gasteiger partial charge in [-0.15, -0.1) is 0 Å². The standard InChI is InChI=1S/C13H16ClO2/c1-2-13(9-3-4-10-15-13)16-12-7-5-11(14)6-8-12/h5-8H,1-4,9-10H2. The Bertz CT molecular complexity index is 328. The quantitative estimate of drug-likeness (QED) is 0.798. The van der Waals surface area contributed by atoms with Crippen molar-refractivity contribution >= 4 is 11.6 Å². The van der Waals surface area contributed by atoms with Gasteiger partial charge in [-0.3, -0.25) is 0 Å². The number of hydrogen-bond acceptors (Lipinski definition) is 2. The van der Waals surface area contributed by atoms with E-state index in [-0.39, 0.29) is 0 Å². The fourth-order valence-corrected chi connectivity index (χ4v) is 2.00. The maximum atomic E-state index is 5.90. The molecule has 2 nitrogen and oxygen atoms in total. The van der Waals surface area contributed by atoms with Crippen LogP contribution in [0.4, 0.5) is 0 Å². The summed E-state index contributed by atoms with van der Waals surface area (Å²) < 4.78 is 11.6. The van der Waals surface area contributed by atoms with Gasteiger partial charge in [0, 0.05) is 17.9 Å². The number of benzene rings is 1. The molecular formula is C13H16ClO2. The van der Waals surface area contributed by atoms with Crippen molar-refractivity contribution in [2.75, 3.05) is 6.61 Å². The molecule has 1 aliphatic rings. The lowest BCUT2D eigenvalue weighted by Gasteiger charge is -2.36. The summed E-state index contributed by atoms with van der Waals surface area (Å²) in [5, 5.41) is 0.709. The molecule has 0 bridgehead atoms. The lowest BCUT2D eigenvalue weighted by atomic mass is 10.0. The average Bonchev–Trinajstić information content (AvgIpc) is 2.33. The number of rotatable bonds is 3. The predicted octanol–water partition coefficient (Wildman–Crippen LogP) is 3.84. The molecule has 87 valence electrons. The van der Waals surface area contributed by atoms with Crippen LogP contribution in [0.3, 0.4) is 0 Å². The van der Waals surface area contributed by atoms with E-state index in [1.54, 1.807) is 0 Å². The number of halogens is 1. The van der Waals surface area contributed by atoms with Crippen molar-refractivity contribution in [1.29, 1.82) is 0 Å². The van der Waals surface area contributed by atoms with Crippen LogP contribution in [0, 0.1) is 6.92 Å². The third-order valence-electron chi connectivity index (χ3n) is 2.82. The van der Waals surface area contributed by atoms with Crippen LogP contribution in [-0.2, 0) is 4.74 Å². The molecule has 0 aromatic heterocycles. The van der Waals surface area contributed by atoms with Crippen LogP contribution in [0.5, 0.6) is 5.75 Å². The first-order valence-corrected chi connectivity index (χ1v) is 6.00. The predicted molar refractivity (Wildman–Crippen MR) is 64.6 cm³/mol. The fourth-order valence-electron chi connectivity index (χ4n) is 1.87. The first kappa shape index (κ1) is 11.7. The van der Waals surface area contributed by atoms with E-state index in [0.717, 1.165) is 31.6 Å². The molecule has 1 aromatic rings. The Morgan fingerprint density at radius 1 is 1.31 bits per heavy atom. The SMILES string of the molecule is [CH2]CC1(Oc2ccc(Cl)cc2)CCCCO1. The van der Waals surface area contributed by atoms with Gasteiger partial charge in [-0.2, -0.15) is 0 Å². The monoisotopic (exact) mass is 239 g/mol. The zero-order valence-electron chi connectivity index (χ0n) is 9.25. The molecule has 16 heavy (non-hydrogen) atoms. The van der Waals surface area contributed by atoms with E-state index in [1.807, 2.05) is 24.3 Å². The Morgan fingerprint density at radius 3 is 2.62 bits per heavy atom. The second-order valence-corrected chi connectivity index (χ2v) is 4.46. The van der Waals surface area contributed by atoms with Gasteiger partial charge in [0.25, 0.3) is 0 Å². The molecular weight excluding hydrogens is 224 g/mol. The molecule has 1 atom stereocenters. The number of ether oxygens (including phenoxy) is 2. The van der Waals surface area contributed by atoms with Crippen LogP contribution >= 0.6 is 11.6 Å². The Hall–Kier alpha value is -0.730. The summed E-state index contributed by atoms with van der Waals surface area (Å²) in [7, 11) is 0. The van der Waals surface area contributed by atoms with Crippen molar-refractivity contribution in [1.82, 2.24) is 0 Å². The summed E-state index contributed by atoms with van der Waals surface area (Å²) >= 11 is 5.82. The van der Waals surface area contributed by atoms with Crippen LogP contribution in [-0.4, -0.2) is 12.4 Å². The molecule has 1 fully saturated rings. The zero-order chi connectivity index (χ0) is 11.4. The van der Waals surface area contributed by atoms with Gasteiger partial charge in [-0.1, -0.05) is 11.6 Å². The Balaban J connectivity index is 2.08. The summed E-state index contributed by atoms with van der Waals surface area (Å²) in [5.74, 6) is 0.251. The smallest absolute Gasteiger partial charge is 0.210 e. The van der Waals surface area contributed by atoms with Gasteiger partial charge in [-0.05, 0) is 44.0 Å². The maximum Gasteiger partial charge on any atom is 0.210 e. The van der Waals surface area contributed by atoms with Gasteiger partial charge >= 0.3 is 0 Å². The van der Waals surface area contributed by atoms with Crippen molar-refractivity contribution in [3.05, 3.63) is 36.2 Å². The van der Waals surface area contributed by atoms with E-state index in [9.17, 15) is 0 Å². The second kappa shape index (κ2) is 5.07. The van der Waals surface area contributed by atoms with Gasteiger partial charge in [0.1, 0.15) is 5.75 Å². The first-order valence-electron chi connectivity index (χ1n) is 5.62. The zero-order valence-corrected chi connectivity index (χ0v) is 10.0. The molecule has 1 aliphatic heterocycles. The van der Waals surface area contributed by atoms with Crippen molar-refractivity contribution in [3.63, 3.8) is 0 Å². The minimum absolute atomic E-state index is 0.536. The van der Waals surface area contributed by atoms with Crippen molar-refractivity contribution < 1.29 is 9.47 Å². The molecule has 2 rings (SSSR count). The van der Waals surface area contributed by atoms with Crippen LogP contribution < -0.4 is 4.74 Å². The molecule has 0 aliphatic carbocycles. The molecule has 1 heterocycles. The van der Waals surface area contributed by atoms with Crippen molar-refractivity contribution in [3.8, 4) is 5.75 Å². The van der Waals surface area contributed by atoms with Gasteiger partial charge < -0.3 is 9.47 Å². The topological polar surface area (TPSA) is 18.5 Å². The minimum atomic E-state index is -0.536. The van der Waals surface area contributed by atoms with Crippen LogP contribution in [0.1, 0.15) is 25.7 Å². The molecule has 0 N–H and O–H groups in total. The highest BCUT2D eigenvalue weighted by Gasteiger charge is 2.33. The van der Waals surface area contributed by atoms with E-state index in [4.69, 9.17) is 21.1 Å². The average molecular weight is 240 g/mol. The van der Waals surface area contributed by atoms with Crippen molar-refractivity contribution in [2.45, 2.75) is 31.5 Å². The summed E-state index contributed by atoms with van der Waals surface area (Å²) in [6.45, 7) is 4.67. The Labute approximate surface area is 102 Å². The summed E-state index contributed by atoms with van der Waals surface area (Å²) in [6.07, 6.45) is 3.75. The Morgan fingerprint density at radius 2 is 2.06 bits per heavy atom. The largest absolute Gasteiger partial charge is 0.462 e. The van der Waals surface area contributed by atoms with Crippen LogP contribution in [0.2, 0.25) is 5.02 Å². The minimum Gasteiger partial charge on any atom is -0.462 e. The molecule has 1 radical (unpaired) electrons. The molecule has 0 amide bonds. The molecule has 1 aromatic carbocycles. The summed E-state index contributed by atoms with van der Waals surface area (Å²) in [4.78, 5) is 0. The van der Waals surface area contributed by atoms with Crippen LogP contribution in [0.15, 0.2) is 24.3 Å². The second-order valence-electron chi connectivity index (χ2n) is 4.02. The van der Waals surface area contributed by atoms with Crippen LogP contribution in [0.25, 0.3) is 0 Å². The molecule has 0 saturated carbocycles. The normalized spacial score (nSPS) is 25.4. The van der Waals surface area contributed by atoms with Crippen molar-refractivity contribution in [2.24, 2.45) is 0 Å². The lowest BCUT2D eigenvalue weighted by molar-refractivity contribution is -0.203. The summed E-state index contributed by atoms with van der Waals surface area (Å²) in [6, 6.07) is 7.35. The van der Waals surface area contributed by atoms with E-state index in [1.165, 1.54) is 0 Å². The molecule has 1 unspecified atom stereocenters. The van der Waals surface area contributed by atoms with Gasteiger partial charge in [-0.25, -0.2) is 0 Å². The highest BCUT2D eigenvalue weighted by atomic mass is 35.5. The third-order valence-corrected chi connectivity index (χ3v) is 3.07. The van der Waals surface area contributed by atoms with Gasteiger partial charge in [0.2, 0.25) is 5.79 Å². The molecule has 0 spiro atoms. The van der Waals surface area contributed by atoms with E-state index < -0.39 is 5.79 Å². The third kappa shape index (κ3) is 2.69. The lowest BCUT2D eigenvalue weighted by Crippen LogP contribution is -2.41. The Kier molecular flexibility index (Phi) is 3.72. The molecule has 3 heteroatoms. The van der Waals surface area contributed by atoms with E-state index in [2.05, 4.69) is 6.92 Å². The molecule has 1 saturated heterocycles. The maximum absolute atomic E-state index is 5.90. The number of hydrogen-bond donors (Lipinski definition) is 0.